The first-order valence-electron chi connectivity index (χ1n) is 4.55. The Bertz CT molecular complexity index is 548. The van der Waals surface area contributed by atoms with Gasteiger partial charge in [-0.15, -0.1) is 0 Å². The van der Waals surface area contributed by atoms with Gasteiger partial charge in [-0.2, -0.15) is 4.98 Å². The van der Waals surface area contributed by atoms with E-state index in [1.54, 1.807) is 18.3 Å². The third kappa shape index (κ3) is 2.67. The molecule has 17 heavy (non-hydrogen) atoms. The van der Waals surface area contributed by atoms with Gasteiger partial charge in [-0.25, -0.2) is 0 Å². The van der Waals surface area contributed by atoms with Crippen LogP contribution in [0.5, 0.6) is 11.6 Å². The molecule has 0 atom stereocenters. The van der Waals surface area contributed by atoms with Crippen molar-refractivity contribution in [3.8, 4) is 11.6 Å². The topological polar surface area (TPSA) is 78.2 Å². The number of nitro groups is 1. The fourth-order valence-corrected chi connectivity index (χ4v) is 1.28. The van der Waals surface area contributed by atoms with Gasteiger partial charge in [0.05, 0.1) is 11.1 Å². The lowest BCUT2D eigenvalue weighted by Gasteiger charge is -2.04. The Morgan fingerprint density at radius 3 is 2.82 bits per heavy atom. The summed E-state index contributed by atoms with van der Waals surface area (Å²) in [6.45, 7) is 0. The highest BCUT2D eigenvalue weighted by molar-refractivity contribution is 6.29. The minimum absolute atomic E-state index is 0.120. The summed E-state index contributed by atoms with van der Waals surface area (Å²) < 4.78 is 5.25. The van der Waals surface area contributed by atoms with Crippen molar-refractivity contribution >= 4 is 17.3 Å². The first kappa shape index (κ1) is 11.3. The number of ether oxygens (including phenoxy) is 1. The van der Waals surface area contributed by atoms with Crippen molar-refractivity contribution in [2.75, 3.05) is 0 Å². The zero-order chi connectivity index (χ0) is 12.3. The Morgan fingerprint density at radius 2 is 2.18 bits per heavy atom. The number of pyridine rings is 2. The summed E-state index contributed by atoms with van der Waals surface area (Å²) in [7, 11) is 0. The van der Waals surface area contributed by atoms with E-state index in [9.17, 15) is 10.1 Å². The first-order chi connectivity index (χ1) is 8.16. The standard InChI is InChI=1S/C10H6ClN3O3/c11-9-4-3-8(14(15)16)10(13-9)17-7-2-1-5-12-6-7/h1-6H. The molecule has 86 valence electrons. The predicted molar refractivity (Wildman–Crippen MR) is 60.2 cm³/mol. The molecule has 2 aromatic heterocycles. The highest BCUT2D eigenvalue weighted by Crippen LogP contribution is 2.29. The monoisotopic (exact) mass is 251 g/mol. The number of nitrogens with zero attached hydrogens (tertiary/aromatic N) is 3. The molecule has 0 aromatic carbocycles. The van der Waals surface area contributed by atoms with Crippen LogP contribution in [0.2, 0.25) is 5.15 Å². The van der Waals surface area contributed by atoms with E-state index in [4.69, 9.17) is 16.3 Å². The fraction of sp³-hybridized carbons (Fsp3) is 0. The number of hydrogen-bond donors (Lipinski definition) is 0. The Hall–Kier alpha value is -2.21. The summed E-state index contributed by atoms with van der Waals surface area (Å²) >= 11 is 5.66. The highest BCUT2D eigenvalue weighted by atomic mass is 35.5. The smallest absolute Gasteiger partial charge is 0.331 e. The minimum atomic E-state index is -0.588. The maximum atomic E-state index is 10.8. The molecule has 0 spiro atoms. The molecule has 0 unspecified atom stereocenters. The second-order valence-corrected chi connectivity index (χ2v) is 3.39. The summed E-state index contributed by atoms with van der Waals surface area (Å²) in [5, 5.41) is 10.9. The third-order valence-corrected chi connectivity index (χ3v) is 2.06. The lowest BCUT2D eigenvalue weighted by atomic mass is 10.4. The van der Waals surface area contributed by atoms with Crippen LogP contribution in [0.15, 0.2) is 36.7 Å². The number of hydrogen-bond acceptors (Lipinski definition) is 5. The van der Waals surface area contributed by atoms with E-state index in [-0.39, 0.29) is 16.7 Å². The van der Waals surface area contributed by atoms with E-state index < -0.39 is 4.92 Å². The zero-order valence-corrected chi connectivity index (χ0v) is 9.16. The third-order valence-electron chi connectivity index (χ3n) is 1.85. The summed E-state index contributed by atoms with van der Waals surface area (Å²) in [4.78, 5) is 17.7. The molecule has 0 aliphatic carbocycles. The summed E-state index contributed by atoms with van der Waals surface area (Å²) in [6.07, 6.45) is 2.99. The molecular weight excluding hydrogens is 246 g/mol. The van der Waals surface area contributed by atoms with E-state index in [0.29, 0.717) is 5.75 Å². The van der Waals surface area contributed by atoms with Crippen LogP contribution in [0.4, 0.5) is 5.69 Å². The summed E-state index contributed by atoms with van der Waals surface area (Å²) in [5.41, 5.74) is -0.252. The van der Waals surface area contributed by atoms with Gasteiger partial charge in [0.2, 0.25) is 0 Å². The molecule has 2 aromatic rings. The normalized spacial score (nSPS) is 9.94. The van der Waals surface area contributed by atoms with E-state index in [1.165, 1.54) is 18.3 Å². The van der Waals surface area contributed by atoms with Gasteiger partial charge in [0, 0.05) is 12.3 Å². The molecule has 0 saturated carbocycles. The van der Waals surface area contributed by atoms with Gasteiger partial charge in [0.25, 0.3) is 0 Å². The van der Waals surface area contributed by atoms with E-state index in [1.807, 2.05) is 0 Å². The largest absolute Gasteiger partial charge is 0.432 e. The van der Waals surface area contributed by atoms with Crippen molar-refractivity contribution in [2.45, 2.75) is 0 Å². The first-order valence-corrected chi connectivity index (χ1v) is 4.93. The van der Waals surface area contributed by atoms with Crippen molar-refractivity contribution in [2.24, 2.45) is 0 Å². The lowest BCUT2D eigenvalue weighted by Crippen LogP contribution is -1.96. The number of rotatable bonds is 3. The van der Waals surface area contributed by atoms with E-state index in [2.05, 4.69) is 9.97 Å². The van der Waals surface area contributed by atoms with E-state index >= 15 is 0 Å². The van der Waals surface area contributed by atoms with Crippen LogP contribution in [-0.4, -0.2) is 14.9 Å². The van der Waals surface area contributed by atoms with Crippen molar-refractivity contribution in [3.05, 3.63) is 51.9 Å². The average molecular weight is 252 g/mol. The zero-order valence-electron chi connectivity index (χ0n) is 8.41. The molecule has 0 aliphatic rings. The van der Waals surface area contributed by atoms with Crippen LogP contribution in [0.3, 0.4) is 0 Å². The van der Waals surface area contributed by atoms with Gasteiger partial charge < -0.3 is 4.74 Å². The second-order valence-electron chi connectivity index (χ2n) is 3.01. The van der Waals surface area contributed by atoms with Gasteiger partial charge in [0.1, 0.15) is 10.9 Å². The molecule has 0 saturated heterocycles. The molecule has 0 amide bonds. The second kappa shape index (κ2) is 4.75. The quantitative estimate of drug-likeness (QED) is 0.476. The molecule has 2 rings (SSSR count). The minimum Gasteiger partial charge on any atom is -0.432 e. The van der Waals surface area contributed by atoms with Gasteiger partial charge >= 0.3 is 11.6 Å². The van der Waals surface area contributed by atoms with Crippen LogP contribution < -0.4 is 4.74 Å². The van der Waals surface area contributed by atoms with Gasteiger partial charge in [-0.3, -0.25) is 15.1 Å². The molecular formula is C10H6ClN3O3. The molecule has 0 N–H and O–H groups in total. The number of aromatic nitrogens is 2. The van der Waals surface area contributed by atoms with Crippen molar-refractivity contribution in [1.82, 2.24) is 9.97 Å². The van der Waals surface area contributed by atoms with Crippen molar-refractivity contribution in [3.63, 3.8) is 0 Å². The van der Waals surface area contributed by atoms with E-state index in [0.717, 1.165) is 0 Å². The Kier molecular flexibility index (Phi) is 3.15. The molecule has 0 radical (unpaired) electrons. The van der Waals surface area contributed by atoms with Crippen LogP contribution in [0.25, 0.3) is 0 Å². The molecule has 0 fully saturated rings. The Balaban J connectivity index is 2.37. The van der Waals surface area contributed by atoms with Gasteiger partial charge in [-0.05, 0) is 18.2 Å². The summed E-state index contributed by atoms with van der Waals surface area (Å²) in [5.74, 6) is 0.195. The van der Waals surface area contributed by atoms with Crippen LogP contribution in [0.1, 0.15) is 0 Å². The maximum absolute atomic E-state index is 10.8. The SMILES string of the molecule is O=[N+]([O-])c1ccc(Cl)nc1Oc1cccnc1. The fourth-order valence-electron chi connectivity index (χ4n) is 1.14. The lowest BCUT2D eigenvalue weighted by molar-refractivity contribution is -0.386. The van der Waals surface area contributed by atoms with Crippen LogP contribution in [0, 0.1) is 10.1 Å². The summed E-state index contributed by atoms with van der Waals surface area (Å²) in [6, 6.07) is 5.82. The maximum Gasteiger partial charge on any atom is 0.331 e. The van der Waals surface area contributed by atoms with Gasteiger partial charge in [-0.1, -0.05) is 11.6 Å². The van der Waals surface area contributed by atoms with Crippen molar-refractivity contribution in [1.29, 1.82) is 0 Å². The molecule has 0 aliphatic heterocycles. The molecule has 0 bridgehead atoms. The number of halogens is 1. The van der Waals surface area contributed by atoms with Crippen LogP contribution >= 0.6 is 11.6 Å². The predicted octanol–water partition coefficient (Wildman–Crippen LogP) is 2.83. The molecule has 7 heteroatoms. The van der Waals surface area contributed by atoms with Crippen molar-refractivity contribution < 1.29 is 9.66 Å². The Morgan fingerprint density at radius 1 is 1.35 bits per heavy atom. The van der Waals surface area contributed by atoms with Gasteiger partial charge in [0.15, 0.2) is 0 Å². The highest BCUT2D eigenvalue weighted by Gasteiger charge is 2.17. The Labute approximate surface area is 101 Å². The molecule has 2 heterocycles. The molecule has 6 nitrogen and oxygen atoms in total. The average Bonchev–Trinajstić information content (AvgIpc) is 2.30. The van der Waals surface area contributed by atoms with Crippen LogP contribution in [-0.2, 0) is 0 Å².